The lowest BCUT2D eigenvalue weighted by Crippen LogP contribution is -2.16. The van der Waals surface area contributed by atoms with Crippen LogP contribution in [0, 0.1) is 11.3 Å². The summed E-state index contributed by atoms with van der Waals surface area (Å²) in [5, 5.41) is 17.1. The molecule has 3 aromatic rings. The second-order valence-electron chi connectivity index (χ2n) is 6.45. The highest BCUT2D eigenvalue weighted by atomic mass is 35.5. The molecule has 0 spiro atoms. The van der Waals surface area contributed by atoms with Gasteiger partial charge in [-0.25, -0.2) is 4.79 Å². The average Bonchev–Trinajstić information content (AvgIpc) is 3.05. The molecular formula is C21H19ClN4O3. The zero-order chi connectivity index (χ0) is 21.0. The van der Waals surface area contributed by atoms with Crippen LogP contribution < -0.4 is 5.32 Å². The van der Waals surface area contributed by atoms with Gasteiger partial charge in [-0.1, -0.05) is 31.0 Å². The van der Waals surface area contributed by atoms with Gasteiger partial charge in [-0.2, -0.15) is 9.94 Å². The van der Waals surface area contributed by atoms with Crippen LogP contribution >= 0.6 is 11.6 Å². The minimum absolute atomic E-state index is 0.245. The Kier molecular flexibility index (Phi) is 6.15. The van der Waals surface area contributed by atoms with Crippen LogP contribution in [0.5, 0.6) is 0 Å². The van der Waals surface area contributed by atoms with Gasteiger partial charge in [0.25, 0.3) is 0 Å². The molecule has 1 aromatic heterocycles. The fourth-order valence-electron chi connectivity index (χ4n) is 2.86. The highest BCUT2D eigenvalue weighted by Gasteiger charge is 2.19. The third-order valence-corrected chi connectivity index (χ3v) is 4.61. The Morgan fingerprint density at radius 1 is 1.28 bits per heavy atom. The second kappa shape index (κ2) is 8.76. The summed E-state index contributed by atoms with van der Waals surface area (Å²) in [5.74, 6) is -0.0693. The van der Waals surface area contributed by atoms with E-state index in [2.05, 4.69) is 16.5 Å². The van der Waals surface area contributed by atoms with E-state index in [0.29, 0.717) is 33.7 Å². The topological polar surface area (TPSA) is 97.0 Å². The van der Waals surface area contributed by atoms with E-state index in [4.69, 9.17) is 21.6 Å². The van der Waals surface area contributed by atoms with Crippen molar-refractivity contribution in [3.05, 3.63) is 47.0 Å². The van der Waals surface area contributed by atoms with Crippen molar-refractivity contribution in [2.24, 2.45) is 0 Å². The Morgan fingerprint density at radius 3 is 2.76 bits per heavy atom. The SMILES string of the molecule is CCCCOC(=O)n1nc(NC(C)=O)c2cc(-c3cc(C#N)ccc3Cl)ccc21. The van der Waals surface area contributed by atoms with Crippen molar-refractivity contribution in [3.8, 4) is 17.2 Å². The summed E-state index contributed by atoms with van der Waals surface area (Å²) in [7, 11) is 0. The number of amides is 1. The van der Waals surface area contributed by atoms with Crippen molar-refractivity contribution in [3.63, 3.8) is 0 Å². The Morgan fingerprint density at radius 2 is 2.07 bits per heavy atom. The molecule has 3 rings (SSSR count). The van der Waals surface area contributed by atoms with Gasteiger partial charge in [0.1, 0.15) is 0 Å². The van der Waals surface area contributed by atoms with Crippen LogP contribution in [0.4, 0.5) is 10.6 Å². The van der Waals surface area contributed by atoms with Gasteiger partial charge in [0.15, 0.2) is 5.82 Å². The minimum atomic E-state index is -0.614. The molecule has 0 saturated heterocycles. The molecule has 8 heteroatoms. The molecule has 0 saturated carbocycles. The molecule has 7 nitrogen and oxygen atoms in total. The van der Waals surface area contributed by atoms with E-state index >= 15 is 0 Å². The summed E-state index contributed by atoms with van der Waals surface area (Å²) in [4.78, 5) is 24.0. The van der Waals surface area contributed by atoms with Crippen LogP contribution in [0.15, 0.2) is 36.4 Å². The molecule has 1 heterocycles. The zero-order valence-electron chi connectivity index (χ0n) is 16.0. The van der Waals surface area contributed by atoms with Crippen LogP contribution in [0.3, 0.4) is 0 Å². The van der Waals surface area contributed by atoms with Gasteiger partial charge in [0, 0.05) is 22.9 Å². The smallest absolute Gasteiger partial charge is 0.435 e. The third-order valence-electron chi connectivity index (χ3n) is 4.28. The number of nitrogens with zero attached hydrogens (tertiary/aromatic N) is 3. The standard InChI is InChI=1S/C21H19ClN4O3/c1-3-4-9-29-21(28)26-19-8-6-15(11-17(19)20(25-26)24-13(2)27)16-10-14(12-23)5-7-18(16)22/h5-8,10-11H,3-4,9H2,1-2H3,(H,24,25,27). The molecule has 148 valence electrons. The Hall–Kier alpha value is -3.37. The lowest BCUT2D eigenvalue weighted by Gasteiger charge is -2.07. The van der Waals surface area contributed by atoms with Crippen LogP contribution in [0.1, 0.15) is 32.3 Å². The van der Waals surface area contributed by atoms with E-state index in [9.17, 15) is 9.59 Å². The average molecular weight is 411 g/mol. The van der Waals surface area contributed by atoms with Crippen molar-refractivity contribution in [1.82, 2.24) is 9.78 Å². The lowest BCUT2D eigenvalue weighted by atomic mass is 10.0. The first-order valence-electron chi connectivity index (χ1n) is 9.12. The highest BCUT2D eigenvalue weighted by molar-refractivity contribution is 6.33. The Labute approximate surface area is 172 Å². The van der Waals surface area contributed by atoms with Crippen LogP contribution in [0.2, 0.25) is 5.02 Å². The maximum Gasteiger partial charge on any atom is 0.435 e. The number of halogens is 1. The van der Waals surface area contributed by atoms with Crippen LogP contribution in [-0.2, 0) is 9.53 Å². The maximum absolute atomic E-state index is 12.4. The molecule has 0 bridgehead atoms. The van der Waals surface area contributed by atoms with Gasteiger partial charge < -0.3 is 10.1 Å². The molecule has 0 unspecified atom stereocenters. The van der Waals surface area contributed by atoms with Crippen molar-refractivity contribution >= 4 is 40.3 Å². The first-order valence-corrected chi connectivity index (χ1v) is 9.50. The number of anilines is 1. The summed E-state index contributed by atoms with van der Waals surface area (Å²) in [6.07, 6.45) is 1.04. The molecule has 1 N–H and O–H groups in total. The molecule has 1 amide bonds. The molecule has 0 aliphatic carbocycles. The predicted molar refractivity (Wildman–Crippen MR) is 111 cm³/mol. The van der Waals surface area contributed by atoms with Gasteiger partial charge in [0.05, 0.1) is 23.8 Å². The molecule has 0 radical (unpaired) electrons. The number of hydrogen-bond acceptors (Lipinski definition) is 5. The number of nitrogens with one attached hydrogen (secondary N) is 1. The van der Waals surface area contributed by atoms with E-state index in [1.54, 1.807) is 36.4 Å². The van der Waals surface area contributed by atoms with Crippen LogP contribution in [-0.4, -0.2) is 28.4 Å². The summed E-state index contributed by atoms with van der Waals surface area (Å²) >= 11 is 6.32. The van der Waals surface area contributed by atoms with E-state index < -0.39 is 6.09 Å². The minimum Gasteiger partial charge on any atom is -0.448 e. The summed E-state index contributed by atoms with van der Waals surface area (Å²) in [5.41, 5.74) is 2.36. The number of hydrogen-bond donors (Lipinski definition) is 1. The molecule has 2 aromatic carbocycles. The first-order chi connectivity index (χ1) is 13.9. The maximum atomic E-state index is 12.4. The summed E-state index contributed by atoms with van der Waals surface area (Å²) in [6, 6.07) is 12.3. The number of rotatable bonds is 5. The van der Waals surface area contributed by atoms with E-state index in [1.165, 1.54) is 6.92 Å². The molecule has 0 atom stereocenters. The number of benzene rings is 2. The zero-order valence-corrected chi connectivity index (χ0v) is 16.8. The largest absolute Gasteiger partial charge is 0.448 e. The van der Waals surface area contributed by atoms with Crippen molar-refractivity contribution in [1.29, 1.82) is 5.26 Å². The van der Waals surface area contributed by atoms with E-state index in [1.807, 2.05) is 6.92 Å². The first kappa shape index (κ1) is 20.4. The Bertz CT molecular complexity index is 1130. The van der Waals surface area contributed by atoms with Crippen molar-refractivity contribution < 1.29 is 14.3 Å². The monoisotopic (exact) mass is 410 g/mol. The van der Waals surface area contributed by atoms with E-state index in [-0.39, 0.29) is 11.7 Å². The highest BCUT2D eigenvalue weighted by Crippen LogP contribution is 2.33. The quantitative estimate of drug-likeness (QED) is 0.599. The van der Waals surface area contributed by atoms with Crippen molar-refractivity contribution in [2.75, 3.05) is 11.9 Å². The van der Waals surface area contributed by atoms with Gasteiger partial charge >= 0.3 is 6.09 Å². The molecular weight excluding hydrogens is 392 g/mol. The third kappa shape index (κ3) is 4.39. The van der Waals surface area contributed by atoms with Gasteiger partial charge in [-0.3, -0.25) is 4.79 Å². The molecule has 0 aliphatic heterocycles. The molecule has 0 aliphatic rings. The lowest BCUT2D eigenvalue weighted by molar-refractivity contribution is -0.114. The molecule has 29 heavy (non-hydrogen) atoms. The number of carbonyl (C=O) groups excluding carboxylic acids is 2. The number of carbonyl (C=O) groups is 2. The number of nitriles is 1. The fourth-order valence-corrected chi connectivity index (χ4v) is 3.09. The number of ether oxygens (including phenoxy) is 1. The summed E-state index contributed by atoms with van der Waals surface area (Å²) in [6.45, 7) is 3.66. The molecule has 0 fully saturated rings. The summed E-state index contributed by atoms with van der Waals surface area (Å²) < 4.78 is 6.38. The predicted octanol–water partition coefficient (Wildman–Crippen LogP) is 4.97. The Balaban J connectivity index is 2.10. The van der Waals surface area contributed by atoms with Gasteiger partial charge in [-0.15, -0.1) is 5.10 Å². The van der Waals surface area contributed by atoms with Crippen LogP contribution in [0.25, 0.3) is 22.0 Å². The van der Waals surface area contributed by atoms with E-state index in [0.717, 1.165) is 23.1 Å². The second-order valence-corrected chi connectivity index (χ2v) is 6.86. The number of fused-ring (bicyclic) bond motifs is 1. The number of aromatic nitrogens is 2. The van der Waals surface area contributed by atoms with Crippen molar-refractivity contribution in [2.45, 2.75) is 26.7 Å². The fraction of sp³-hybridized carbons (Fsp3) is 0.238. The normalized spacial score (nSPS) is 10.6. The number of unbranched alkanes of at least 4 members (excludes halogenated alkanes) is 1. The van der Waals surface area contributed by atoms with Gasteiger partial charge in [-0.05, 0) is 42.3 Å². The van der Waals surface area contributed by atoms with Gasteiger partial charge in [0.2, 0.25) is 5.91 Å².